The Kier molecular flexibility index (Phi) is 6.16. The Morgan fingerprint density at radius 1 is 1.23 bits per heavy atom. The second-order valence-corrected chi connectivity index (χ2v) is 9.52. The molecule has 10 heteroatoms. The van der Waals surface area contributed by atoms with E-state index >= 15 is 0 Å². The Hall–Kier alpha value is -3.14. The number of fused-ring (bicyclic) bond motifs is 1. The Morgan fingerprint density at radius 3 is 2.74 bits per heavy atom. The number of aliphatic hydroxyl groups is 1. The van der Waals surface area contributed by atoms with Crippen molar-refractivity contribution in [1.82, 2.24) is 20.3 Å². The molecule has 2 heterocycles. The molecule has 1 aromatic carbocycles. The third kappa shape index (κ3) is 4.98. The van der Waals surface area contributed by atoms with E-state index in [-0.39, 0.29) is 23.2 Å². The number of nitrogens with one attached hydrogen (secondary N) is 2. The highest BCUT2D eigenvalue weighted by Crippen LogP contribution is 2.40. The quantitative estimate of drug-likeness (QED) is 0.464. The zero-order valence-electron chi connectivity index (χ0n) is 19.3. The first-order valence-corrected chi connectivity index (χ1v) is 11.9. The second kappa shape index (κ2) is 9.14. The van der Waals surface area contributed by atoms with Crippen LogP contribution in [0.25, 0.3) is 22.3 Å². The van der Waals surface area contributed by atoms with Gasteiger partial charge in [-0.1, -0.05) is 0 Å². The number of carbonyl (C=O) groups is 1. The number of nitrogens with zero attached hydrogens (tertiary/aromatic N) is 2. The third-order valence-corrected chi connectivity index (χ3v) is 6.71. The van der Waals surface area contributed by atoms with Crippen LogP contribution in [0.4, 0.5) is 13.2 Å². The summed E-state index contributed by atoms with van der Waals surface area (Å²) in [5.74, 6) is 0.378. The standard InChI is InChI=1S/C25H27F3N4O3/c1-13-20(24(34)32-16-3-2-4-17(33)10-16)22-23(31-13)21(29-12-30-22)18-9-15(25(26,27)28)7-8-19(18)35-11-14-5-6-14/h7-9,12,14,16-17,31,33H,2-6,10-11H2,1H3,(H,32,34)/t16-,17+/m0/s1. The molecular weight excluding hydrogens is 461 g/mol. The van der Waals surface area contributed by atoms with Gasteiger partial charge in [0.15, 0.2) is 0 Å². The third-order valence-electron chi connectivity index (χ3n) is 6.71. The van der Waals surface area contributed by atoms with Gasteiger partial charge in [0.05, 0.1) is 29.4 Å². The van der Waals surface area contributed by atoms with E-state index in [9.17, 15) is 23.1 Å². The van der Waals surface area contributed by atoms with Gasteiger partial charge < -0.3 is 20.1 Å². The van der Waals surface area contributed by atoms with Gasteiger partial charge in [-0.25, -0.2) is 9.97 Å². The molecule has 0 aliphatic heterocycles. The van der Waals surface area contributed by atoms with Crippen molar-refractivity contribution in [2.24, 2.45) is 5.92 Å². The average Bonchev–Trinajstić information content (AvgIpc) is 3.56. The molecule has 0 unspecified atom stereocenters. The predicted molar refractivity (Wildman–Crippen MR) is 123 cm³/mol. The van der Waals surface area contributed by atoms with Crippen molar-refractivity contribution in [3.05, 3.63) is 41.3 Å². The average molecular weight is 489 g/mol. The van der Waals surface area contributed by atoms with Crippen LogP contribution in [-0.2, 0) is 6.18 Å². The number of aromatic nitrogens is 3. The van der Waals surface area contributed by atoms with E-state index in [4.69, 9.17) is 4.74 Å². The molecule has 0 saturated heterocycles. The van der Waals surface area contributed by atoms with E-state index in [0.717, 1.165) is 44.2 Å². The highest BCUT2D eigenvalue weighted by molar-refractivity contribution is 6.09. The van der Waals surface area contributed by atoms with Crippen molar-refractivity contribution in [2.75, 3.05) is 6.61 Å². The smallest absolute Gasteiger partial charge is 0.416 e. The van der Waals surface area contributed by atoms with Gasteiger partial charge in [-0.05, 0) is 69.6 Å². The van der Waals surface area contributed by atoms with Gasteiger partial charge in [0.1, 0.15) is 23.3 Å². The number of carbonyl (C=O) groups excluding carboxylic acids is 1. The predicted octanol–water partition coefficient (Wildman–Crippen LogP) is 4.77. The van der Waals surface area contributed by atoms with Crippen LogP contribution in [-0.4, -0.2) is 44.7 Å². The van der Waals surface area contributed by atoms with Crippen LogP contribution in [0.2, 0.25) is 0 Å². The van der Waals surface area contributed by atoms with Crippen LogP contribution in [0.5, 0.6) is 5.75 Å². The summed E-state index contributed by atoms with van der Waals surface area (Å²) < 4.78 is 46.5. The fourth-order valence-corrected chi connectivity index (χ4v) is 4.67. The number of aliphatic hydroxyl groups excluding tert-OH is 1. The van der Waals surface area contributed by atoms with E-state index in [1.54, 1.807) is 6.92 Å². The first-order chi connectivity index (χ1) is 16.7. The highest BCUT2D eigenvalue weighted by atomic mass is 19.4. The van der Waals surface area contributed by atoms with Gasteiger partial charge in [-0.15, -0.1) is 0 Å². The van der Waals surface area contributed by atoms with Gasteiger partial charge in [0, 0.05) is 17.3 Å². The van der Waals surface area contributed by atoms with Crippen LogP contribution < -0.4 is 10.1 Å². The molecule has 2 aromatic heterocycles. The van der Waals surface area contributed by atoms with E-state index < -0.39 is 17.8 Å². The topological polar surface area (TPSA) is 100 Å². The second-order valence-electron chi connectivity index (χ2n) is 9.52. The summed E-state index contributed by atoms with van der Waals surface area (Å²) in [6.45, 7) is 2.14. The number of hydrogen-bond acceptors (Lipinski definition) is 5. The fourth-order valence-electron chi connectivity index (χ4n) is 4.67. The highest BCUT2D eigenvalue weighted by Gasteiger charge is 2.33. The van der Waals surface area contributed by atoms with E-state index in [1.165, 1.54) is 12.4 Å². The minimum absolute atomic E-state index is 0.150. The van der Waals surface area contributed by atoms with Crippen molar-refractivity contribution < 1.29 is 27.8 Å². The van der Waals surface area contributed by atoms with Crippen LogP contribution in [0, 0.1) is 12.8 Å². The fraction of sp³-hybridized carbons (Fsp3) is 0.480. The molecule has 2 saturated carbocycles. The first kappa shape index (κ1) is 23.6. The molecule has 1 amide bonds. The molecule has 7 nitrogen and oxygen atoms in total. The number of halogens is 3. The molecule has 3 aromatic rings. The van der Waals surface area contributed by atoms with Crippen LogP contribution in [0.1, 0.15) is 60.1 Å². The van der Waals surface area contributed by atoms with Gasteiger partial charge in [-0.2, -0.15) is 13.2 Å². The molecule has 35 heavy (non-hydrogen) atoms. The maximum Gasteiger partial charge on any atom is 0.416 e. The monoisotopic (exact) mass is 488 g/mol. The summed E-state index contributed by atoms with van der Waals surface area (Å²) >= 11 is 0. The minimum Gasteiger partial charge on any atom is -0.493 e. The lowest BCUT2D eigenvalue weighted by Gasteiger charge is -2.26. The number of alkyl halides is 3. The SMILES string of the molecule is Cc1[nH]c2c(-c3cc(C(F)(F)F)ccc3OCC3CC3)ncnc2c1C(=O)N[C@H]1CCC[C@@H](O)C1. The lowest BCUT2D eigenvalue weighted by Crippen LogP contribution is -2.39. The summed E-state index contributed by atoms with van der Waals surface area (Å²) in [6, 6.07) is 3.21. The van der Waals surface area contributed by atoms with Crippen molar-refractivity contribution in [3.8, 4) is 17.0 Å². The molecule has 2 atom stereocenters. The summed E-state index contributed by atoms with van der Waals surface area (Å²) in [5, 5.41) is 12.9. The molecular formula is C25H27F3N4O3. The Morgan fingerprint density at radius 2 is 2.03 bits per heavy atom. The lowest BCUT2D eigenvalue weighted by atomic mass is 9.93. The number of aromatic amines is 1. The zero-order chi connectivity index (χ0) is 24.7. The van der Waals surface area contributed by atoms with Gasteiger partial charge in [-0.3, -0.25) is 4.79 Å². The number of aryl methyl sites for hydroxylation is 1. The molecule has 0 bridgehead atoms. The molecule has 3 N–H and O–H groups in total. The van der Waals surface area contributed by atoms with Crippen molar-refractivity contribution in [1.29, 1.82) is 0 Å². The van der Waals surface area contributed by atoms with Gasteiger partial charge >= 0.3 is 6.18 Å². The molecule has 186 valence electrons. The van der Waals surface area contributed by atoms with E-state index in [0.29, 0.717) is 47.0 Å². The minimum atomic E-state index is -4.53. The van der Waals surface area contributed by atoms with Gasteiger partial charge in [0.25, 0.3) is 5.91 Å². The molecule has 0 radical (unpaired) electrons. The largest absolute Gasteiger partial charge is 0.493 e. The number of rotatable bonds is 6. The zero-order valence-corrected chi connectivity index (χ0v) is 19.3. The van der Waals surface area contributed by atoms with Crippen molar-refractivity contribution in [3.63, 3.8) is 0 Å². The number of amides is 1. The number of benzene rings is 1. The Labute approximate surface area is 200 Å². The van der Waals surface area contributed by atoms with Crippen LogP contribution in [0.3, 0.4) is 0 Å². The maximum absolute atomic E-state index is 13.5. The molecule has 2 aliphatic carbocycles. The van der Waals surface area contributed by atoms with E-state index in [1.807, 2.05) is 0 Å². The molecule has 5 rings (SSSR count). The Bertz CT molecular complexity index is 1250. The first-order valence-electron chi connectivity index (χ1n) is 11.9. The Balaban J connectivity index is 1.54. The number of ether oxygens (including phenoxy) is 1. The van der Waals surface area contributed by atoms with Crippen LogP contribution >= 0.6 is 0 Å². The summed E-state index contributed by atoms with van der Waals surface area (Å²) in [7, 11) is 0. The maximum atomic E-state index is 13.5. The molecule has 0 spiro atoms. The van der Waals surface area contributed by atoms with E-state index in [2.05, 4.69) is 20.3 Å². The summed E-state index contributed by atoms with van der Waals surface area (Å²) in [5.41, 5.74) is 1.16. The van der Waals surface area contributed by atoms with Crippen molar-refractivity contribution in [2.45, 2.75) is 63.8 Å². The van der Waals surface area contributed by atoms with Gasteiger partial charge in [0.2, 0.25) is 0 Å². The number of H-pyrrole nitrogens is 1. The lowest BCUT2D eigenvalue weighted by molar-refractivity contribution is -0.137. The molecule has 2 aliphatic rings. The summed E-state index contributed by atoms with van der Waals surface area (Å²) in [4.78, 5) is 24.8. The van der Waals surface area contributed by atoms with Crippen molar-refractivity contribution >= 4 is 16.9 Å². The normalized spacial score (nSPS) is 20.7. The number of hydrogen-bond donors (Lipinski definition) is 3. The van der Waals surface area contributed by atoms with Crippen LogP contribution in [0.15, 0.2) is 24.5 Å². The summed E-state index contributed by atoms with van der Waals surface area (Å²) in [6.07, 6.45) is 1.16. The molecule has 2 fully saturated rings.